The Labute approximate surface area is 125 Å². The molecular formula is C14H23N3O3S. The van der Waals surface area contributed by atoms with Gasteiger partial charge in [-0.05, 0) is 32.3 Å². The van der Waals surface area contributed by atoms with Crippen LogP contribution >= 0.6 is 0 Å². The third kappa shape index (κ3) is 2.52. The van der Waals surface area contributed by atoms with Gasteiger partial charge < -0.3 is 15.0 Å². The minimum Gasteiger partial charge on any atom is -0.375 e. The lowest BCUT2D eigenvalue weighted by Gasteiger charge is -2.36. The Hall–Kier alpha value is -0.890. The first-order valence-corrected chi connectivity index (χ1v) is 9.04. The minimum atomic E-state index is -3.46. The van der Waals surface area contributed by atoms with Crippen molar-refractivity contribution < 1.29 is 13.2 Å². The zero-order valence-corrected chi connectivity index (χ0v) is 13.2. The summed E-state index contributed by atoms with van der Waals surface area (Å²) in [5, 5.41) is 0. The highest BCUT2D eigenvalue weighted by atomic mass is 32.2. The molecule has 1 saturated heterocycles. The molecule has 6 nitrogen and oxygen atoms in total. The molecule has 2 fully saturated rings. The summed E-state index contributed by atoms with van der Waals surface area (Å²) in [4.78, 5) is 0.359. The molecule has 1 aromatic heterocycles. The molecule has 0 aromatic carbocycles. The van der Waals surface area contributed by atoms with Gasteiger partial charge in [-0.15, -0.1) is 0 Å². The molecule has 0 spiro atoms. The highest BCUT2D eigenvalue weighted by Crippen LogP contribution is 2.33. The number of ether oxygens (including phenoxy) is 1. The zero-order valence-electron chi connectivity index (χ0n) is 12.4. The van der Waals surface area contributed by atoms with E-state index in [0.717, 1.165) is 31.5 Å². The van der Waals surface area contributed by atoms with Crippen molar-refractivity contribution in [3.8, 4) is 0 Å². The van der Waals surface area contributed by atoms with Crippen molar-refractivity contribution in [3.63, 3.8) is 0 Å². The largest absolute Gasteiger partial charge is 0.375 e. The molecule has 1 aliphatic heterocycles. The summed E-state index contributed by atoms with van der Waals surface area (Å²) in [6.45, 7) is 3.98. The van der Waals surface area contributed by atoms with E-state index in [1.165, 1.54) is 0 Å². The van der Waals surface area contributed by atoms with Crippen LogP contribution in [-0.2, 0) is 27.8 Å². The number of aromatic nitrogens is 1. The van der Waals surface area contributed by atoms with Crippen molar-refractivity contribution in [2.45, 2.75) is 56.3 Å². The van der Waals surface area contributed by atoms with Crippen molar-refractivity contribution in [1.29, 1.82) is 0 Å². The predicted molar refractivity (Wildman–Crippen MR) is 79.3 cm³/mol. The molecule has 1 aliphatic carbocycles. The number of nitrogens with two attached hydrogens (primary N) is 1. The van der Waals surface area contributed by atoms with E-state index in [1.807, 2.05) is 11.5 Å². The number of fused-ring (bicyclic) bond motifs is 1. The maximum Gasteiger partial charge on any atom is 0.245 e. The van der Waals surface area contributed by atoms with Gasteiger partial charge in [0.05, 0.1) is 18.8 Å². The number of hydrogen-bond acceptors (Lipinski definition) is 4. The SMILES string of the molecule is CCn1cc(S(=O)(=O)N2CCOC3CCCC32)cc1CN. The summed E-state index contributed by atoms with van der Waals surface area (Å²) >= 11 is 0. The fourth-order valence-corrected chi connectivity index (χ4v) is 5.19. The normalized spacial score (nSPS) is 27.0. The van der Waals surface area contributed by atoms with Crippen LogP contribution in [0.1, 0.15) is 31.9 Å². The third-order valence-electron chi connectivity index (χ3n) is 4.55. The number of nitrogens with zero attached hydrogens (tertiary/aromatic N) is 2. The van der Waals surface area contributed by atoms with Gasteiger partial charge in [-0.2, -0.15) is 4.31 Å². The molecule has 0 bridgehead atoms. The molecule has 0 amide bonds. The number of sulfonamides is 1. The van der Waals surface area contributed by atoms with E-state index >= 15 is 0 Å². The summed E-state index contributed by atoms with van der Waals surface area (Å²) in [5.41, 5.74) is 6.55. The molecule has 2 unspecified atom stereocenters. The topological polar surface area (TPSA) is 77.6 Å². The van der Waals surface area contributed by atoms with E-state index in [2.05, 4.69) is 0 Å². The molecular weight excluding hydrogens is 290 g/mol. The molecule has 21 heavy (non-hydrogen) atoms. The molecule has 118 valence electrons. The smallest absolute Gasteiger partial charge is 0.245 e. The predicted octanol–water partition coefficient (Wildman–Crippen LogP) is 0.909. The Morgan fingerprint density at radius 3 is 2.90 bits per heavy atom. The van der Waals surface area contributed by atoms with Gasteiger partial charge in [-0.3, -0.25) is 0 Å². The summed E-state index contributed by atoms with van der Waals surface area (Å²) in [6, 6.07) is 1.70. The van der Waals surface area contributed by atoms with Gasteiger partial charge in [0.25, 0.3) is 0 Å². The Morgan fingerprint density at radius 1 is 1.43 bits per heavy atom. The van der Waals surface area contributed by atoms with Gasteiger partial charge in [0.15, 0.2) is 0 Å². The molecule has 1 aromatic rings. The van der Waals surface area contributed by atoms with E-state index < -0.39 is 10.0 Å². The van der Waals surface area contributed by atoms with Gasteiger partial charge in [0, 0.05) is 31.5 Å². The second-order valence-electron chi connectivity index (χ2n) is 5.68. The average molecular weight is 313 g/mol. The monoisotopic (exact) mass is 313 g/mol. The van der Waals surface area contributed by atoms with E-state index in [9.17, 15) is 8.42 Å². The maximum absolute atomic E-state index is 12.9. The van der Waals surface area contributed by atoms with Crippen molar-refractivity contribution in [1.82, 2.24) is 8.87 Å². The summed E-state index contributed by atoms with van der Waals surface area (Å²) in [5.74, 6) is 0. The van der Waals surface area contributed by atoms with Crippen molar-refractivity contribution in [3.05, 3.63) is 18.0 Å². The summed E-state index contributed by atoms with van der Waals surface area (Å²) in [6.07, 6.45) is 4.65. The highest BCUT2D eigenvalue weighted by molar-refractivity contribution is 7.89. The van der Waals surface area contributed by atoms with Gasteiger partial charge in [0.2, 0.25) is 10.0 Å². The maximum atomic E-state index is 12.9. The lowest BCUT2D eigenvalue weighted by molar-refractivity contribution is -0.0241. The first-order chi connectivity index (χ1) is 10.1. The van der Waals surface area contributed by atoms with E-state index in [-0.39, 0.29) is 12.1 Å². The van der Waals surface area contributed by atoms with Crippen LogP contribution in [0.5, 0.6) is 0 Å². The van der Waals surface area contributed by atoms with E-state index in [1.54, 1.807) is 16.6 Å². The van der Waals surface area contributed by atoms with Gasteiger partial charge in [-0.25, -0.2) is 8.42 Å². The third-order valence-corrected chi connectivity index (χ3v) is 6.44. The van der Waals surface area contributed by atoms with Crippen LogP contribution in [0.2, 0.25) is 0 Å². The Morgan fingerprint density at radius 2 is 2.24 bits per heavy atom. The Balaban J connectivity index is 1.94. The second-order valence-corrected chi connectivity index (χ2v) is 7.57. The molecule has 1 saturated carbocycles. The highest BCUT2D eigenvalue weighted by Gasteiger charge is 2.42. The van der Waals surface area contributed by atoms with Crippen molar-refractivity contribution >= 4 is 10.0 Å². The van der Waals surface area contributed by atoms with Gasteiger partial charge >= 0.3 is 0 Å². The lowest BCUT2D eigenvalue weighted by Crippen LogP contribution is -2.51. The molecule has 0 radical (unpaired) electrons. The molecule has 2 N–H and O–H groups in total. The number of hydrogen-bond donors (Lipinski definition) is 1. The zero-order chi connectivity index (χ0) is 15.0. The summed E-state index contributed by atoms with van der Waals surface area (Å²) in [7, 11) is -3.46. The van der Waals surface area contributed by atoms with Crippen LogP contribution in [0.25, 0.3) is 0 Å². The van der Waals surface area contributed by atoms with E-state index in [0.29, 0.717) is 24.6 Å². The molecule has 7 heteroatoms. The van der Waals surface area contributed by atoms with Gasteiger partial charge in [-0.1, -0.05) is 0 Å². The number of rotatable bonds is 4. The Kier molecular flexibility index (Phi) is 4.09. The Bertz CT molecular complexity index is 589. The van der Waals surface area contributed by atoms with Crippen LogP contribution in [0.4, 0.5) is 0 Å². The van der Waals surface area contributed by atoms with Crippen LogP contribution in [0.3, 0.4) is 0 Å². The molecule has 3 rings (SSSR count). The fourth-order valence-electron chi connectivity index (χ4n) is 3.46. The number of morpholine rings is 1. The first kappa shape index (κ1) is 15.0. The minimum absolute atomic E-state index is 0.00458. The summed E-state index contributed by atoms with van der Waals surface area (Å²) < 4.78 is 35.1. The standard InChI is InChI=1S/C14H23N3O3S/c1-2-16-10-12(8-11(16)9-15)21(18,19)17-6-7-20-14-5-3-4-13(14)17/h8,10,13-14H,2-7,9,15H2,1H3. The van der Waals surface area contributed by atoms with Gasteiger partial charge in [0.1, 0.15) is 4.90 Å². The molecule has 2 heterocycles. The lowest BCUT2D eigenvalue weighted by atomic mass is 10.2. The first-order valence-electron chi connectivity index (χ1n) is 7.60. The second kappa shape index (κ2) is 5.72. The quantitative estimate of drug-likeness (QED) is 0.896. The van der Waals surface area contributed by atoms with Crippen molar-refractivity contribution in [2.75, 3.05) is 13.2 Å². The average Bonchev–Trinajstić information content (AvgIpc) is 3.12. The van der Waals surface area contributed by atoms with Crippen LogP contribution in [0, 0.1) is 0 Å². The fraction of sp³-hybridized carbons (Fsp3) is 0.714. The van der Waals surface area contributed by atoms with Crippen LogP contribution in [0.15, 0.2) is 17.2 Å². The van der Waals surface area contributed by atoms with Crippen LogP contribution < -0.4 is 5.73 Å². The van der Waals surface area contributed by atoms with E-state index in [4.69, 9.17) is 10.5 Å². The van der Waals surface area contributed by atoms with Crippen LogP contribution in [-0.4, -0.2) is 42.6 Å². The van der Waals surface area contributed by atoms with Crippen molar-refractivity contribution in [2.24, 2.45) is 5.73 Å². The molecule has 2 atom stereocenters. The molecule has 2 aliphatic rings. The number of aryl methyl sites for hydroxylation is 1.